The Balaban J connectivity index is 1.85. The highest BCUT2D eigenvalue weighted by Crippen LogP contribution is 2.15. The van der Waals surface area contributed by atoms with Crippen molar-refractivity contribution in [1.29, 1.82) is 0 Å². The van der Waals surface area contributed by atoms with Gasteiger partial charge in [0.05, 0.1) is 11.9 Å². The van der Waals surface area contributed by atoms with E-state index in [9.17, 15) is 9.59 Å². The number of carbonyl (C=O) groups excluding carboxylic acids is 2. The molecule has 0 saturated carbocycles. The fourth-order valence-electron chi connectivity index (χ4n) is 2.05. The van der Waals surface area contributed by atoms with Crippen molar-refractivity contribution in [3.05, 3.63) is 59.9 Å². The minimum absolute atomic E-state index is 0.134. The van der Waals surface area contributed by atoms with Gasteiger partial charge in [0.15, 0.2) is 0 Å². The first-order valence-electron chi connectivity index (χ1n) is 7.12. The number of anilines is 1. The second-order valence-electron chi connectivity index (χ2n) is 5.22. The van der Waals surface area contributed by atoms with E-state index in [1.165, 1.54) is 11.8 Å². The van der Waals surface area contributed by atoms with Gasteiger partial charge in [-0.3, -0.25) is 14.6 Å². The quantitative estimate of drug-likeness (QED) is 0.850. The molecule has 2 amide bonds. The molecule has 1 heterocycles. The molecule has 0 radical (unpaired) electrons. The highest BCUT2D eigenvalue weighted by atomic mass is 16.2. The molecule has 5 nitrogen and oxygen atoms in total. The summed E-state index contributed by atoms with van der Waals surface area (Å²) in [5.41, 5.74) is 2.80. The van der Waals surface area contributed by atoms with Crippen LogP contribution in [0.15, 0.2) is 48.8 Å². The summed E-state index contributed by atoms with van der Waals surface area (Å²) in [4.78, 5) is 27.4. The smallest absolute Gasteiger partial charge is 0.313 e. The average molecular weight is 297 g/mol. The van der Waals surface area contributed by atoms with Crippen LogP contribution in [0.2, 0.25) is 0 Å². The highest BCUT2D eigenvalue weighted by molar-refractivity contribution is 6.39. The lowest BCUT2D eigenvalue weighted by Gasteiger charge is -2.13. The van der Waals surface area contributed by atoms with E-state index < -0.39 is 11.8 Å². The van der Waals surface area contributed by atoms with Crippen molar-refractivity contribution in [2.75, 3.05) is 11.9 Å². The summed E-state index contributed by atoms with van der Waals surface area (Å²) in [6.07, 6.45) is 3.08. The molecule has 0 spiro atoms. The summed E-state index contributed by atoms with van der Waals surface area (Å²) < 4.78 is 0. The fourth-order valence-corrected chi connectivity index (χ4v) is 2.05. The predicted octanol–water partition coefficient (Wildman–Crippen LogP) is 2.25. The topological polar surface area (TPSA) is 71.1 Å². The van der Waals surface area contributed by atoms with Crippen LogP contribution >= 0.6 is 0 Å². The third-order valence-corrected chi connectivity index (χ3v) is 3.31. The van der Waals surface area contributed by atoms with Crippen LogP contribution in [0, 0.1) is 6.92 Å². The predicted molar refractivity (Wildman–Crippen MR) is 85.5 cm³/mol. The molecule has 114 valence electrons. The molecular weight excluding hydrogens is 278 g/mol. The van der Waals surface area contributed by atoms with Gasteiger partial charge in [0, 0.05) is 12.7 Å². The van der Waals surface area contributed by atoms with E-state index in [1.54, 1.807) is 18.3 Å². The van der Waals surface area contributed by atoms with E-state index in [1.807, 2.05) is 32.0 Å². The Hall–Kier alpha value is -2.69. The molecule has 0 bridgehead atoms. The Bertz CT molecular complexity index is 656. The van der Waals surface area contributed by atoms with Gasteiger partial charge in [-0.1, -0.05) is 36.8 Å². The number of carbonyl (C=O) groups is 2. The van der Waals surface area contributed by atoms with E-state index in [0.29, 0.717) is 12.2 Å². The molecule has 2 aromatic rings. The van der Waals surface area contributed by atoms with Crippen molar-refractivity contribution >= 4 is 17.5 Å². The molecule has 5 heteroatoms. The first kappa shape index (κ1) is 15.7. The third-order valence-electron chi connectivity index (χ3n) is 3.31. The SMILES string of the molecule is Cc1cccc([C@@H](C)CNC(=O)C(=O)Nc2cccnc2)c1. The molecule has 2 rings (SSSR count). The van der Waals surface area contributed by atoms with Gasteiger partial charge in [0.2, 0.25) is 0 Å². The Kier molecular flexibility index (Phi) is 5.25. The van der Waals surface area contributed by atoms with Gasteiger partial charge in [-0.2, -0.15) is 0 Å². The lowest BCUT2D eigenvalue weighted by molar-refractivity contribution is -0.136. The summed E-state index contributed by atoms with van der Waals surface area (Å²) in [7, 11) is 0. The number of hydrogen-bond donors (Lipinski definition) is 2. The zero-order valence-electron chi connectivity index (χ0n) is 12.7. The Morgan fingerprint density at radius 1 is 1.18 bits per heavy atom. The van der Waals surface area contributed by atoms with Crippen molar-refractivity contribution in [1.82, 2.24) is 10.3 Å². The maximum absolute atomic E-state index is 11.8. The van der Waals surface area contributed by atoms with E-state index in [0.717, 1.165) is 5.56 Å². The molecule has 1 atom stereocenters. The maximum Gasteiger partial charge on any atom is 0.313 e. The van der Waals surface area contributed by atoms with Crippen LogP contribution in [-0.2, 0) is 9.59 Å². The van der Waals surface area contributed by atoms with E-state index in [4.69, 9.17) is 0 Å². The summed E-state index contributed by atoms with van der Waals surface area (Å²) in [5.74, 6) is -1.21. The minimum Gasteiger partial charge on any atom is -0.347 e. The van der Waals surface area contributed by atoms with Gasteiger partial charge in [0.25, 0.3) is 0 Å². The third kappa shape index (κ3) is 4.41. The number of hydrogen-bond acceptors (Lipinski definition) is 3. The first-order valence-corrected chi connectivity index (χ1v) is 7.12. The van der Waals surface area contributed by atoms with Gasteiger partial charge in [-0.05, 0) is 30.5 Å². The van der Waals surface area contributed by atoms with Crippen LogP contribution in [0.4, 0.5) is 5.69 Å². The van der Waals surface area contributed by atoms with Crippen molar-refractivity contribution in [2.45, 2.75) is 19.8 Å². The van der Waals surface area contributed by atoms with Crippen molar-refractivity contribution in [2.24, 2.45) is 0 Å². The van der Waals surface area contributed by atoms with Gasteiger partial charge in [0.1, 0.15) is 0 Å². The minimum atomic E-state index is -0.690. The average Bonchev–Trinajstić information content (AvgIpc) is 2.53. The fraction of sp³-hybridized carbons (Fsp3) is 0.235. The summed E-state index contributed by atoms with van der Waals surface area (Å²) >= 11 is 0. The first-order chi connectivity index (χ1) is 10.6. The number of pyridine rings is 1. The van der Waals surface area contributed by atoms with E-state index in [-0.39, 0.29) is 5.92 Å². The Morgan fingerprint density at radius 2 is 2.00 bits per heavy atom. The number of rotatable bonds is 4. The van der Waals surface area contributed by atoms with E-state index in [2.05, 4.69) is 21.7 Å². The van der Waals surface area contributed by atoms with Gasteiger partial charge < -0.3 is 10.6 Å². The number of benzene rings is 1. The number of amides is 2. The van der Waals surface area contributed by atoms with Crippen LogP contribution in [0.3, 0.4) is 0 Å². The molecule has 22 heavy (non-hydrogen) atoms. The number of nitrogens with one attached hydrogen (secondary N) is 2. The van der Waals surface area contributed by atoms with Crippen molar-refractivity contribution < 1.29 is 9.59 Å². The molecule has 2 N–H and O–H groups in total. The summed E-state index contributed by atoms with van der Waals surface area (Å²) in [6.45, 7) is 4.44. The molecule has 0 aliphatic rings. The van der Waals surface area contributed by atoms with Crippen LogP contribution in [0.1, 0.15) is 24.0 Å². The second kappa shape index (κ2) is 7.36. The van der Waals surface area contributed by atoms with Crippen molar-refractivity contribution in [3.8, 4) is 0 Å². The highest BCUT2D eigenvalue weighted by Gasteiger charge is 2.15. The van der Waals surface area contributed by atoms with Gasteiger partial charge in [-0.15, -0.1) is 0 Å². The standard InChI is InChI=1S/C17H19N3O2/c1-12-5-3-6-14(9-12)13(2)10-19-16(21)17(22)20-15-7-4-8-18-11-15/h3-9,11,13H,10H2,1-2H3,(H,19,21)(H,20,22)/t13-/m0/s1. The lowest BCUT2D eigenvalue weighted by Crippen LogP contribution is -2.37. The number of nitrogens with zero attached hydrogens (tertiary/aromatic N) is 1. The molecule has 0 aliphatic heterocycles. The molecule has 0 aliphatic carbocycles. The van der Waals surface area contributed by atoms with Crippen LogP contribution in [-0.4, -0.2) is 23.3 Å². The zero-order chi connectivity index (χ0) is 15.9. The Morgan fingerprint density at radius 3 is 2.68 bits per heavy atom. The zero-order valence-corrected chi connectivity index (χ0v) is 12.7. The molecule has 0 unspecified atom stereocenters. The lowest BCUT2D eigenvalue weighted by atomic mass is 9.99. The molecule has 0 fully saturated rings. The van der Waals surface area contributed by atoms with E-state index >= 15 is 0 Å². The Labute approximate surface area is 129 Å². The van der Waals surface area contributed by atoms with Crippen molar-refractivity contribution in [3.63, 3.8) is 0 Å². The van der Waals surface area contributed by atoms with Gasteiger partial charge >= 0.3 is 11.8 Å². The van der Waals surface area contributed by atoms with Crippen LogP contribution in [0.5, 0.6) is 0 Å². The molecular formula is C17H19N3O2. The normalized spacial score (nSPS) is 11.5. The second-order valence-corrected chi connectivity index (χ2v) is 5.22. The summed E-state index contributed by atoms with van der Waals surface area (Å²) in [6, 6.07) is 11.5. The van der Waals surface area contributed by atoms with Crippen LogP contribution < -0.4 is 10.6 Å². The van der Waals surface area contributed by atoms with Crippen LogP contribution in [0.25, 0.3) is 0 Å². The number of aryl methyl sites for hydroxylation is 1. The molecule has 1 aromatic carbocycles. The van der Waals surface area contributed by atoms with Gasteiger partial charge in [-0.25, -0.2) is 0 Å². The largest absolute Gasteiger partial charge is 0.347 e. The number of aromatic nitrogens is 1. The monoisotopic (exact) mass is 297 g/mol. The molecule has 1 aromatic heterocycles. The summed E-state index contributed by atoms with van der Waals surface area (Å²) in [5, 5.41) is 5.15. The maximum atomic E-state index is 11.8. The molecule has 0 saturated heterocycles.